The molecule has 0 aliphatic carbocycles. The number of rotatable bonds is 6. The van der Waals surface area contributed by atoms with Gasteiger partial charge in [0.25, 0.3) is 0 Å². The lowest BCUT2D eigenvalue weighted by Crippen LogP contribution is -1.96. The number of fused-ring (bicyclic) bond motifs is 2. The Morgan fingerprint density at radius 1 is 0.367 bits per heavy atom. The van der Waals surface area contributed by atoms with Crippen molar-refractivity contribution in [2.45, 2.75) is 0 Å². The highest BCUT2D eigenvalue weighted by molar-refractivity contribution is 5.88. The van der Waals surface area contributed by atoms with E-state index in [0.29, 0.717) is 56.3 Å². The molecule has 3 N–H and O–H groups in total. The van der Waals surface area contributed by atoms with Crippen LogP contribution in [0, 0.1) is 5.82 Å². The first-order valence-electron chi connectivity index (χ1n) is 15.3. The van der Waals surface area contributed by atoms with Gasteiger partial charge >= 0.3 is 0 Å². The molecule has 0 radical (unpaired) electrons. The highest BCUT2D eigenvalue weighted by Crippen LogP contribution is 2.36. The van der Waals surface area contributed by atoms with E-state index in [0.717, 1.165) is 22.3 Å². The summed E-state index contributed by atoms with van der Waals surface area (Å²) < 4.78 is 20.3. The van der Waals surface area contributed by atoms with Crippen molar-refractivity contribution in [2.24, 2.45) is 0 Å². The molecule has 6 aromatic carbocycles. The van der Waals surface area contributed by atoms with Crippen LogP contribution in [0.15, 0.2) is 133 Å². The van der Waals surface area contributed by atoms with Gasteiger partial charge in [0.2, 0.25) is 0 Å². The molecule has 0 fully saturated rings. The zero-order chi connectivity index (χ0) is 33.5. The van der Waals surface area contributed by atoms with Crippen molar-refractivity contribution in [3.05, 3.63) is 139 Å². The maximum absolute atomic E-state index is 14.1. The van der Waals surface area contributed by atoms with Crippen LogP contribution < -0.4 is 4.74 Å². The van der Waals surface area contributed by atoms with Gasteiger partial charge in [-0.25, -0.2) is 24.3 Å². The van der Waals surface area contributed by atoms with Gasteiger partial charge in [0, 0.05) is 34.4 Å². The van der Waals surface area contributed by atoms with Crippen molar-refractivity contribution < 1.29 is 24.4 Å². The van der Waals surface area contributed by atoms with E-state index in [1.807, 2.05) is 42.5 Å². The molecule has 8 rings (SSSR count). The predicted octanol–water partition coefficient (Wildman–Crippen LogP) is 9.29. The number of aromatic nitrogens is 4. The topological polar surface area (TPSA) is 121 Å². The van der Waals surface area contributed by atoms with Crippen LogP contribution in [0.1, 0.15) is 0 Å². The quantitative estimate of drug-likeness (QED) is 0.164. The van der Waals surface area contributed by atoms with Crippen molar-refractivity contribution in [1.29, 1.82) is 0 Å². The first kappa shape index (κ1) is 29.5. The van der Waals surface area contributed by atoms with Gasteiger partial charge in [-0.2, -0.15) is 0 Å². The molecule has 0 unspecified atom stereocenters. The number of ether oxygens (including phenoxy) is 1. The van der Waals surface area contributed by atoms with Crippen LogP contribution >= 0.6 is 0 Å². The highest BCUT2D eigenvalue weighted by Gasteiger charge is 2.16. The van der Waals surface area contributed by atoms with Gasteiger partial charge in [-0.15, -0.1) is 0 Å². The van der Waals surface area contributed by atoms with Gasteiger partial charge in [0.1, 0.15) is 34.6 Å². The maximum Gasteiger partial charge on any atom is 0.129 e. The molecule has 0 aliphatic rings. The third-order valence-electron chi connectivity index (χ3n) is 8.05. The average Bonchev–Trinajstić information content (AvgIpc) is 3.12. The molecule has 2 aromatic heterocycles. The molecule has 0 spiro atoms. The molecular formula is C40H25FN4O4. The monoisotopic (exact) mass is 644 g/mol. The van der Waals surface area contributed by atoms with E-state index in [4.69, 9.17) is 24.7 Å². The summed E-state index contributed by atoms with van der Waals surface area (Å²) in [5, 5.41) is 29.5. The standard InChI is InChI=1S/C40H25FN4O4/c41-27-9-19-33-35(21-27)44-40(38(42-33)24-3-12-29(47)13-4-24)26-7-16-31(17-8-26)49-32-18-20-34-36(22-32)45-39(25-5-14-30(48)15-6-25)37(43-34)23-1-10-28(46)11-2-23/h1-22,46-48H. The summed E-state index contributed by atoms with van der Waals surface area (Å²) in [5.41, 5.74) is 7.69. The summed E-state index contributed by atoms with van der Waals surface area (Å²) >= 11 is 0. The van der Waals surface area contributed by atoms with E-state index in [1.165, 1.54) is 12.1 Å². The van der Waals surface area contributed by atoms with Crippen LogP contribution in [0.25, 0.3) is 67.1 Å². The Labute approximate surface area is 279 Å². The summed E-state index contributed by atoms with van der Waals surface area (Å²) in [5.74, 6) is 1.15. The Morgan fingerprint density at radius 3 is 1.16 bits per heavy atom. The number of phenolic OH excluding ortho intramolecular Hbond substituents is 3. The molecule has 0 atom stereocenters. The molecular weight excluding hydrogens is 619 g/mol. The second kappa shape index (κ2) is 12.1. The van der Waals surface area contributed by atoms with E-state index >= 15 is 0 Å². The third-order valence-corrected chi connectivity index (χ3v) is 8.05. The molecule has 0 amide bonds. The zero-order valence-electron chi connectivity index (χ0n) is 25.6. The third kappa shape index (κ3) is 5.92. The van der Waals surface area contributed by atoms with Crippen LogP contribution in [0.2, 0.25) is 0 Å². The SMILES string of the molecule is Oc1ccc(-c2nc3ccc(F)cc3nc2-c2ccc(Oc3ccc4nc(-c5ccc(O)cc5)c(-c5ccc(O)cc5)nc4c3)cc2)cc1. The largest absolute Gasteiger partial charge is 0.508 e. The highest BCUT2D eigenvalue weighted by atomic mass is 19.1. The maximum atomic E-state index is 14.1. The fourth-order valence-corrected chi connectivity index (χ4v) is 5.61. The minimum Gasteiger partial charge on any atom is -0.508 e. The first-order chi connectivity index (χ1) is 23.9. The summed E-state index contributed by atoms with van der Waals surface area (Å²) in [4.78, 5) is 19.5. The summed E-state index contributed by atoms with van der Waals surface area (Å²) in [6, 6.07) is 37.4. The van der Waals surface area contributed by atoms with Crippen molar-refractivity contribution in [2.75, 3.05) is 0 Å². The fourth-order valence-electron chi connectivity index (χ4n) is 5.61. The van der Waals surface area contributed by atoms with E-state index < -0.39 is 5.82 Å². The average molecular weight is 645 g/mol. The first-order valence-corrected chi connectivity index (χ1v) is 15.3. The number of phenols is 3. The Balaban J connectivity index is 1.14. The van der Waals surface area contributed by atoms with Crippen molar-refractivity contribution in [3.8, 4) is 73.8 Å². The molecule has 49 heavy (non-hydrogen) atoms. The van der Waals surface area contributed by atoms with E-state index in [1.54, 1.807) is 78.9 Å². The smallest absolute Gasteiger partial charge is 0.129 e. The van der Waals surface area contributed by atoms with Crippen LogP contribution in [-0.2, 0) is 0 Å². The van der Waals surface area contributed by atoms with E-state index in [2.05, 4.69) is 0 Å². The van der Waals surface area contributed by atoms with Gasteiger partial charge in [0.05, 0.1) is 44.8 Å². The Morgan fingerprint density at radius 2 is 0.714 bits per heavy atom. The number of hydrogen-bond acceptors (Lipinski definition) is 8. The van der Waals surface area contributed by atoms with Crippen LogP contribution in [0.4, 0.5) is 4.39 Å². The number of aromatic hydroxyl groups is 3. The zero-order valence-corrected chi connectivity index (χ0v) is 25.6. The Hall–Kier alpha value is -6.87. The number of benzene rings is 6. The second-order valence-electron chi connectivity index (χ2n) is 11.4. The van der Waals surface area contributed by atoms with Gasteiger partial charge in [-0.3, -0.25) is 0 Å². The Bertz CT molecular complexity index is 2490. The summed E-state index contributed by atoms with van der Waals surface area (Å²) in [6.45, 7) is 0. The van der Waals surface area contributed by atoms with Gasteiger partial charge in [-0.1, -0.05) is 0 Å². The molecule has 0 saturated carbocycles. The summed E-state index contributed by atoms with van der Waals surface area (Å²) in [6.07, 6.45) is 0. The van der Waals surface area contributed by atoms with Crippen molar-refractivity contribution >= 4 is 22.1 Å². The number of hydrogen-bond donors (Lipinski definition) is 3. The molecule has 0 bridgehead atoms. The number of nitrogens with zero attached hydrogens (tertiary/aromatic N) is 4. The molecule has 8 aromatic rings. The van der Waals surface area contributed by atoms with Crippen LogP contribution in [-0.4, -0.2) is 35.3 Å². The molecule has 9 heteroatoms. The normalized spacial score (nSPS) is 11.2. The second-order valence-corrected chi connectivity index (χ2v) is 11.4. The lowest BCUT2D eigenvalue weighted by molar-refractivity contribution is 0.475. The molecule has 8 nitrogen and oxygen atoms in total. The molecule has 0 saturated heterocycles. The lowest BCUT2D eigenvalue weighted by Gasteiger charge is -2.13. The Kier molecular flexibility index (Phi) is 7.26. The molecule has 0 aliphatic heterocycles. The summed E-state index contributed by atoms with van der Waals surface area (Å²) in [7, 11) is 0. The van der Waals surface area contributed by atoms with Gasteiger partial charge in [-0.05, 0) is 121 Å². The minimum atomic E-state index is -0.402. The van der Waals surface area contributed by atoms with Gasteiger partial charge < -0.3 is 20.1 Å². The van der Waals surface area contributed by atoms with E-state index in [-0.39, 0.29) is 17.2 Å². The molecule has 236 valence electrons. The van der Waals surface area contributed by atoms with Crippen molar-refractivity contribution in [3.63, 3.8) is 0 Å². The van der Waals surface area contributed by atoms with Crippen LogP contribution in [0.3, 0.4) is 0 Å². The van der Waals surface area contributed by atoms with Crippen molar-refractivity contribution in [1.82, 2.24) is 19.9 Å². The van der Waals surface area contributed by atoms with Gasteiger partial charge in [0.15, 0.2) is 0 Å². The minimum absolute atomic E-state index is 0.136. The van der Waals surface area contributed by atoms with Crippen LogP contribution in [0.5, 0.6) is 28.7 Å². The molecule has 2 heterocycles. The number of halogens is 1. The van der Waals surface area contributed by atoms with E-state index in [9.17, 15) is 19.7 Å². The predicted molar refractivity (Wildman–Crippen MR) is 186 cm³/mol. The fraction of sp³-hybridized carbons (Fsp3) is 0. The lowest BCUT2D eigenvalue weighted by atomic mass is 10.0.